The van der Waals surface area contributed by atoms with E-state index in [2.05, 4.69) is 47.4 Å². The van der Waals surface area contributed by atoms with Crippen LogP contribution in [0.3, 0.4) is 0 Å². The highest BCUT2D eigenvalue weighted by Gasteiger charge is 2.53. The number of aliphatic hydroxyl groups excluding tert-OH is 1. The van der Waals surface area contributed by atoms with Crippen LogP contribution in [0.15, 0.2) is 84.6 Å². The number of aromatic hydroxyl groups is 1. The van der Waals surface area contributed by atoms with Crippen LogP contribution in [-0.2, 0) is 9.59 Å². The molecule has 0 radical (unpaired) electrons. The van der Waals surface area contributed by atoms with Crippen LogP contribution < -0.4 is 15.1 Å². The molecule has 3 aliphatic heterocycles. The number of aryl methyl sites for hydroxylation is 1. The second-order valence-electron chi connectivity index (χ2n) is 16.4. The number of likely N-dealkylation sites (tertiary alicyclic amines) is 1. The van der Waals surface area contributed by atoms with Crippen LogP contribution in [-0.4, -0.2) is 102 Å². The third kappa shape index (κ3) is 6.91. The largest absolute Gasteiger partial charge is 0.507 e. The summed E-state index contributed by atoms with van der Waals surface area (Å²) in [4.78, 5) is 44.1. The highest BCUT2D eigenvalue weighted by Crippen LogP contribution is 2.44. The van der Waals surface area contributed by atoms with Gasteiger partial charge in [-0.2, -0.15) is 0 Å². The normalized spacial score (nSPS) is 19.7. The van der Waals surface area contributed by atoms with E-state index in [-0.39, 0.29) is 47.9 Å². The van der Waals surface area contributed by atoms with Crippen molar-refractivity contribution in [3.8, 4) is 27.4 Å². The SMILES string of the molecule is Cc1ncsc1-c1ccc(C(C)NC(=O)[C@@H]2C[C@@H](O)CN2C(=O)C(C(C)C)n2cnc(N3CC4(CN(c5ccc6cc(-c7ccccc7O)nnc6c5)C4)C3)n2)cc1. The van der Waals surface area contributed by atoms with Gasteiger partial charge in [-0.25, -0.2) is 14.6 Å². The first kappa shape index (κ1) is 37.6. The standard InChI is InChI=1S/C43H46N10O4S/c1-25(2)38(41(57)52-18-32(54)17-36(52)40(56)46-26(3)28-9-11-29(12-10-28)39-27(4)45-24-58-39)53-23-44-42(49-53)51-21-43(22-51)19-50(20-43)31-14-13-30-15-35(48-47-34(30)16-31)33-7-5-6-8-37(33)55/h5-16,23-26,32,36,38,54-55H,17-22H2,1-4H3,(H,46,56)/t26?,32-,36+,38?/m1/s1. The molecular weight excluding hydrogens is 753 g/mol. The van der Waals surface area contributed by atoms with Gasteiger partial charge in [0.15, 0.2) is 0 Å². The number of β-amino-alcohol motifs (C(OH)–C–C–N with tert-alkyl or cyclic N) is 1. The predicted molar refractivity (Wildman–Crippen MR) is 222 cm³/mol. The van der Waals surface area contributed by atoms with Gasteiger partial charge in [0.05, 0.1) is 39.4 Å². The number of phenolic OH excluding ortho intramolecular Hbond substituents is 1. The number of anilines is 2. The van der Waals surface area contributed by atoms with E-state index in [0.717, 1.165) is 64.5 Å². The Labute approximate surface area is 340 Å². The Bertz CT molecular complexity index is 2490. The zero-order valence-corrected chi connectivity index (χ0v) is 33.7. The van der Waals surface area contributed by atoms with E-state index in [4.69, 9.17) is 5.10 Å². The summed E-state index contributed by atoms with van der Waals surface area (Å²) in [5, 5.41) is 38.7. The summed E-state index contributed by atoms with van der Waals surface area (Å²) in [6, 6.07) is 21.6. The Balaban J connectivity index is 0.816. The lowest BCUT2D eigenvalue weighted by molar-refractivity contribution is -0.142. The number of carbonyl (C=O) groups is 2. The molecule has 6 aromatic rings. The number of carbonyl (C=O) groups excluding carboxylic acids is 2. The van der Waals surface area contributed by atoms with Crippen LogP contribution in [0.1, 0.15) is 50.5 Å². The molecule has 14 nitrogen and oxygen atoms in total. The number of nitrogens with zero attached hydrogens (tertiary/aromatic N) is 9. The van der Waals surface area contributed by atoms with Gasteiger partial charge in [-0.05, 0) is 61.2 Å². The van der Waals surface area contributed by atoms with Crippen LogP contribution in [0.5, 0.6) is 5.75 Å². The van der Waals surface area contributed by atoms with Crippen molar-refractivity contribution in [3.05, 3.63) is 95.9 Å². The van der Waals surface area contributed by atoms with Gasteiger partial charge in [0.2, 0.25) is 17.8 Å². The van der Waals surface area contributed by atoms with Crippen molar-refractivity contribution in [1.29, 1.82) is 0 Å². The summed E-state index contributed by atoms with van der Waals surface area (Å²) >= 11 is 1.60. The Morgan fingerprint density at radius 1 is 0.931 bits per heavy atom. The van der Waals surface area contributed by atoms with Crippen LogP contribution in [0, 0.1) is 18.3 Å². The van der Waals surface area contributed by atoms with E-state index in [0.29, 0.717) is 17.2 Å². The van der Waals surface area contributed by atoms with E-state index in [1.807, 2.05) is 81.7 Å². The van der Waals surface area contributed by atoms with Crippen molar-refractivity contribution in [1.82, 2.24) is 40.2 Å². The lowest BCUT2D eigenvalue weighted by Gasteiger charge is -2.60. The maximum absolute atomic E-state index is 14.3. The van der Waals surface area contributed by atoms with E-state index in [1.165, 1.54) is 4.90 Å². The molecule has 3 N–H and O–H groups in total. The quantitative estimate of drug-likeness (QED) is 0.163. The number of para-hydroxylation sites is 1. The number of phenols is 1. The average molecular weight is 799 g/mol. The summed E-state index contributed by atoms with van der Waals surface area (Å²) in [5.41, 5.74) is 8.13. The minimum atomic E-state index is -0.805. The first-order chi connectivity index (χ1) is 27.9. The van der Waals surface area contributed by atoms with Crippen LogP contribution in [0.2, 0.25) is 0 Å². The first-order valence-corrected chi connectivity index (χ1v) is 20.6. The van der Waals surface area contributed by atoms with Gasteiger partial charge in [0.25, 0.3) is 0 Å². The van der Waals surface area contributed by atoms with Gasteiger partial charge in [-0.1, -0.05) is 56.3 Å². The molecule has 15 heteroatoms. The maximum Gasteiger partial charge on any atom is 0.248 e. The molecule has 0 aliphatic carbocycles. The number of aromatic nitrogens is 6. The smallest absolute Gasteiger partial charge is 0.248 e. The number of fused-ring (bicyclic) bond motifs is 1. The molecule has 298 valence electrons. The fraction of sp³-hybridized carbons (Fsp3) is 0.372. The average Bonchev–Trinajstić information content (AvgIpc) is 3.94. The number of aliphatic hydroxyl groups is 1. The summed E-state index contributed by atoms with van der Waals surface area (Å²) in [7, 11) is 0. The number of hydrogen-bond donors (Lipinski definition) is 3. The first-order valence-electron chi connectivity index (χ1n) is 19.7. The van der Waals surface area contributed by atoms with Gasteiger partial charge >= 0.3 is 0 Å². The van der Waals surface area contributed by atoms with Gasteiger partial charge in [-0.3, -0.25) is 9.59 Å². The molecule has 0 saturated carbocycles. The number of nitrogens with one attached hydrogen (secondary N) is 1. The number of thiazole rings is 1. The molecule has 58 heavy (non-hydrogen) atoms. The number of hydrogen-bond acceptors (Lipinski definition) is 12. The molecule has 3 aromatic heterocycles. The summed E-state index contributed by atoms with van der Waals surface area (Å²) < 4.78 is 1.62. The fourth-order valence-corrected chi connectivity index (χ4v) is 9.52. The van der Waals surface area contributed by atoms with Crippen molar-refractivity contribution in [2.75, 3.05) is 42.5 Å². The molecule has 3 aromatic carbocycles. The minimum absolute atomic E-state index is 0.0766. The lowest BCUT2D eigenvalue weighted by Crippen LogP contribution is -2.72. The van der Waals surface area contributed by atoms with Gasteiger partial charge in [0, 0.05) is 61.2 Å². The number of benzene rings is 3. The minimum Gasteiger partial charge on any atom is -0.507 e. The maximum atomic E-state index is 14.3. The third-order valence-corrected chi connectivity index (χ3v) is 12.8. The monoisotopic (exact) mass is 798 g/mol. The molecule has 3 fully saturated rings. The van der Waals surface area contributed by atoms with Crippen molar-refractivity contribution >= 4 is 45.7 Å². The Hall–Kier alpha value is -5.93. The number of rotatable bonds is 10. The zero-order chi connectivity index (χ0) is 40.3. The molecule has 9 rings (SSSR count). The van der Waals surface area contributed by atoms with E-state index in [1.54, 1.807) is 34.5 Å². The Morgan fingerprint density at radius 3 is 2.41 bits per heavy atom. The van der Waals surface area contributed by atoms with Crippen molar-refractivity contribution in [3.63, 3.8) is 0 Å². The molecule has 2 unspecified atom stereocenters. The van der Waals surface area contributed by atoms with Gasteiger partial charge in [0.1, 0.15) is 24.2 Å². The Kier molecular flexibility index (Phi) is 9.59. The van der Waals surface area contributed by atoms with E-state index in [9.17, 15) is 19.8 Å². The van der Waals surface area contributed by atoms with Gasteiger partial charge in [-0.15, -0.1) is 26.6 Å². The topological polar surface area (TPSA) is 166 Å². The van der Waals surface area contributed by atoms with Crippen LogP contribution in [0.25, 0.3) is 32.6 Å². The van der Waals surface area contributed by atoms with Crippen LogP contribution >= 0.6 is 11.3 Å². The van der Waals surface area contributed by atoms with E-state index < -0.39 is 18.2 Å². The molecule has 3 aliphatic rings. The zero-order valence-electron chi connectivity index (χ0n) is 32.9. The number of amides is 2. The van der Waals surface area contributed by atoms with Crippen molar-refractivity contribution < 1.29 is 19.8 Å². The lowest BCUT2D eigenvalue weighted by atomic mass is 9.72. The van der Waals surface area contributed by atoms with Crippen LogP contribution in [0.4, 0.5) is 11.6 Å². The van der Waals surface area contributed by atoms with Crippen molar-refractivity contribution in [2.24, 2.45) is 11.3 Å². The molecule has 3 saturated heterocycles. The second-order valence-corrected chi connectivity index (χ2v) is 17.3. The molecular formula is C43H46N10O4S. The molecule has 6 heterocycles. The highest BCUT2D eigenvalue weighted by atomic mass is 32.1. The summed E-state index contributed by atoms with van der Waals surface area (Å²) in [6.45, 7) is 11.3. The third-order valence-electron chi connectivity index (χ3n) is 11.8. The predicted octanol–water partition coefficient (Wildman–Crippen LogP) is 5.39. The van der Waals surface area contributed by atoms with Crippen molar-refractivity contribution in [2.45, 2.75) is 58.3 Å². The summed E-state index contributed by atoms with van der Waals surface area (Å²) in [6.07, 6.45) is 0.972. The molecule has 4 atom stereocenters. The Morgan fingerprint density at radius 2 is 1.69 bits per heavy atom. The molecule has 1 spiro atoms. The highest BCUT2D eigenvalue weighted by molar-refractivity contribution is 7.13. The summed E-state index contributed by atoms with van der Waals surface area (Å²) in [5.74, 6) is 0.0500. The molecule has 0 bridgehead atoms. The van der Waals surface area contributed by atoms with Gasteiger partial charge < -0.3 is 30.2 Å². The van der Waals surface area contributed by atoms with E-state index >= 15 is 0 Å². The molecule has 2 amide bonds. The fourth-order valence-electron chi connectivity index (χ4n) is 8.71. The second kappa shape index (κ2) is 14.8.